The van der Waals surface area contributed by atoms with Crippen molar-refractivity contribution >= 4 is 76.9 Å². The summed E-state index contributed by atoms with van der Waals surface area (Å²) >= 11 is 0. The molecule has 0 aliphatic carbocycles. The molecule has 1 aliphatic heterocycles. The fraction of sp³-hybridized carbons (Fsp3) is 0. The van der Waals surface area contributed by atoms with Crippen LogP contribution in [0.2, 0.25) is 0 Å². The molecule has 0 saturated carbocycles. The van der Waals surface area contributed by atoms with Gasteiger partial charge >= 0.3 is 0 Å². The molecule has 0 fully saturated rings. The summed E-state index contributed by atoms with van der Waals surface area (Å²) in [4.78, 5) is 9.18. The molecule has 0 amide bonds. The number of anilines is 2. The number of fused-ring (bicyclic) bond motifs is 10. The Hall–Kier alpha value is -6.10. The minimum absolute atomic E-state index is 0. The number of ether oxygens (including phenoxy) is 1. The fourth-order valence-electron chi connectivity index (χ4n) is 7.70. The van der Waals surface area contributed by atoms with Crippen molar-refractivity contribution in [3.8, 4) is 11.5 Å². The molecule has 51 heavy (non-hydrogen) atoms. The Kier molecular flexibility index (Phi) is 6.70. The van der Waals surface area contributed by atoms with Crippen molar-refractivity contribution in [1.29, 1.82) is 0 Å². The van der Waals surface area contributed by atoms with Crippen molar-refractivity contribution in [1.82, 2.24) is 13.8 Å². The Bertz CT molecular complexity index is 3020. The summed E-state index contributed by atoms with van der Waals surface area (Å²) in [5.74, 6) is 1.21. The Labute approximate surface area is 307 Å². The van der Waals surface area contributed by atoms with Crippen molar-refractivity contribution in [2.45, 2.75) is 0 Å². The minimum atomic E-state index is 0. The Morgan fingerprint density at radius 1 is 0.510 bits per heavy atom. The number of aromatic nitrogens is 3. The third-order valence-corrected chi connectivity index (χ3v) is 9.82. The number of hydrogen-bond donors (Lipinski definition) is 0. The van der Waals surface area contributed by atoms with Gasteiger partial charge in [-0.25, -0.2) is 4.98 Å². The van der Waals surface area contributed by atoms with E-state index in [0.29, 0.717) is 11.5 Å². The van der Waals surface area contributed by atoms with Gasteiger partial charge in [0.05, 0.1) is 16.6 Å². The number of benzene rings is 6. The van der Waals surface area contributed by atoms with Gasteiger partial charge in [0.1, 0.15) is 0 Å². The monoisotopic (exact) mass is 835 g/mol. The van der Waals surface area contributed by atoms with E-state index in [0.717, 1.165) is 55.2 Å². The topological polar surface area (TPSA) is 37.4 Å². The molecule has 1 aliphatic rings. The first-order chi connectivity index (χ1) is 24.8. The number of pyridine rings is 1. The molecule has 0 radical (unpaired) electrons. The van der Waals surface area contributed by atoms with Gasteiger partial charge in [0.2, 0.25) is 0 Å². The SMILES string of the molecule is [Pt].[c-]1c(Oc2[c-]c3c(cc2)c2cccc4c5cccc6c7ccccc7n(c7cccnc7n3c24)c65)cccc1N1C=CN(c2ccccc2)[CH-]1. The first-order valence-corrected chi connectivity index (χ1v) is 16.6. The molecule has 11 rings (SSSR count). The van der Waals surface area contributed by atoms with E-state index < -0.39 is 0 Å². The molecule has 0 saturated heterocycles. The first-order valence-electron chi connectivity index (χ1n) is 16.6. The Balaban J connectivity index is 0.00000327. The van der Waals surface area contributed by atoms with Gasteiger partial charge in [0, 0.05) is 71.5 Å². The van der Waals surface area contributed by atoms with Crippen LogP contribution in [0.25, 0.3) is 65.5 Å². The Morgan fingerprint density at radius 2 is 1.16 bits per heavy atom. The fourth-order valence-corrected chi connectivity index (χ4v) is 7.70. The normalized spacial score (nSPS) is 13.1. The van der Waals surface area contributed by atoms with Crippen LogP contribution in [-0.2, 0) is 21.1 Å². The summed E-state index contributed by atoms with van der Waals surface area (Å²) in [6, 6.07) is 53.5. The molecule has 5 heterocycles. The van der Waals surface area contributed by atoms with Gasteiger partial charge < -0.3 is 23.3 Å². The van der Waals surface area contributed by atoms with Crippen molar-refractivity contribution in [2.75, 3.05) is 9.80 Å². The quantitative estimate of drug-likeness (QED) is 0.166. The summed E-state index contributed by atoms with van der Waals surface area (Å²) in [6.45, 7) is 2.04. The van der Waals surface area contributed by atoms with Gasteiger partial charge in [-0.3, -0.25) is 0 Å². The number of rotatable bonds is 4. The summed E-state index contributed by atoms with van der Waals surface area (Å²) in [5, 5.41) is 7.02. The predicted molar refractivity (Wildman–Crippen MR) is 203 cm³/mol. The predicted octanol–water partition coefficient (Wildman–Crippen LogP) is 10.7. The second kappa shape index (κ2) is 11.5. The molecule has 10 aromatic rings. The smallest absolute Gasteiger partial charge is 0.160 e. The molecular weight excluding hydrogens is 810 g/mol. The summed E-state index contributed by atoms with van der Waals surface area (Å²) in [6.07, 6.45) is 5.93. The number of nitrogens with zero attached hydrogens (tertiary/aromatic N) is 5. The van der Waals surface area contributed by atoms with Gasteiger partial charge in [-0.2, -0.15) is 12.1 Å². The third-order valence-electron chi connectivity index (χ3n) is 9.82. The van der Waals surface area contributed by atoms with E-state index in [1.807, 2.05) is 78.7 Å². The average Bonchev–Trinajstić information content (AvgIpc) is 3.88. The molecule has 0 bridgehead atoms. The van der Waals surface area contributed by atoms with Gasteiger partial charge in [0.15, 0.2) is 5.65 Å². The van der Waals surface area contributed by atoms with Gasteiger partial charge in [-0.15, -0.1) is 48.1 Å². The Morgan fingerprint density at radius 3 is 2.00 bits per heavy atom. The maximum Gasteiger partial charge on any atom is 0.160 e. The molecule has 0 spiro atoms. The van der Waals surface area contributed by atoms with Crippen LogP contribution in [0.1, 0.15) is 0 Å². The van der Waals surface area contributed by atoms with Crippen LogP contribution in [0.3, 0.4) is 0 Å². The van der Waals surface area contributed by atoms with E-state index in [2.05, 4.69) is 111 Å². The molecule has 0 atom stereocenters. The van der Waals surface area contributed by atoms with Crippen molar-refractivity contribution < 1.29 is 25.8 Å². The van der Waals surface area contributed by atoms with Crippen LogP contribution >= 0.6 is 0 Å². The average molecular weight is 836 g/mol. The van der Waals surface area contributed by atoms with E-state index in [4.69, 9.17) is 9.72 Å². The molecular formula is C44H26N5OPt-3. The minimum Gasteiger partial charge on any atom is -0.509 e. The molecule has 7 heteroatoms. The molecule has 6 aromatic carbocycles. The van der Waals surface area contributed by atoms with Crippen LogP contribution in [0.15, 0.2) is 152 Å². The van der Waals surface area contributed by atoms with Crippen molar-refractivity contribution in [3.63, 3.8) is 0 Å². The summed E-state index contributed by atoms with van der Waals surface area (Å²) in [7, 11) is 0. The molecule has 246 valence electrons. The van der Waals surface area contributed by atoms with Gasteiger partial charge in [0.25, 0.3) is 0 Å². The summed E-state index contributed by atoms with van der Waals surface area (Å²) in [5.41, 5.74) is 8.17. The van der Waals surface area contributed by atoms with E-state index in [1.165, 1.54) is 21.7 Å². The molecule has 6 nitrogen and oxygen atoms in total. The van der Waals surface area contributed by atoms with Gasteiger partial charge in [-0.1, -0.05) is 78.3 Å². The second-order valence-corrected chi connectivity index (χ2v) is 12.6. The largest absolute Gasteiger partial charge is 0.509 e. The second-order valence-electron chi connectivity index (χ2n) is 12.6. The van der Waals surface area contributed by atoms with Crippen LogP contribution in [0.5, 0.6) is 11.5 Å². The van der Waals surface area contributed by atoms with Crippen LogP contribution in [0.4, 0.5) is 11.4 Å². The maximum atomic E-state index is 6.51. The van der Waals surface area contributed by atoms with Crippen molar-refractivity contribution in [2.24, 2.45) is 0 Å². The zero-order chi connectivity index (χ0) is 32.8. The number of para-hydroxylation sites is 4. The van der Waals surface area contributed by atoms with Gasteiger partial charge in [-0.05, 0) is 48.1 Å². The van der Waals surface area contributed by atoms with E-state index >= 15 is 0 Å². The van der Waals surface area contributed by atoms with Crippen molar-refractivity contribution in [3.05, 3.63) is 171 Å². The van der Waals surface area contributed by atoms with E-state index in [9.17, 15) is 0 Å². The molecule has 0 unspecified atom stereocenters. The zero-order valence-corrected chi connectivity index (χ0v) is 29.2. The van der Waals surface area contributed by atoms with Crippen LogP contribution in [-0.4, -0.2) is 13.8 Å². The molecule has 4 aromatic heterocycles. The van der Waals surface area contributed by atoms with E-state index in [1.54, 1.807) is 0 Å². The zero-order valence-electron chi connectivity index (χ0n) is 27.0. The van der Waals surface area contributed by atoms with Crippen LogP contribution in [0, 0.1) is 18.8 Å². The van der Waals surface area contributed by atoms with Crippen LogP contribution < -0.4 is 14.5 Å². The number of hydrogen-bond acceptors (Lipinski definition) is 4. The summed E-state index contributed by atoms with van der Waals surface area (Å²) < 4.78 is 11.1. The first kappa shape index (κ1) is 29.8. The standard InChI is InChI=1S/C44H26N5O.Pt/c1-2-10-29(11-3-1)46-24-25-47(28-46)30-12-6-13-31(26-30)50-32-21-22-34-36-16-8-18-38-37-17-7-15-35-33-14-4-5-19-39(33)48(42(35)37)40-20-9-23-45-44(40)49(43(36)38)41(34)27-32;/h1-25,28H;/q-3;. The van der Waals surface area contributed by atoms with E-state index in [-0.39, 0.29) is 21.1 Å². The molecule has 0 N–H and O–H groups in total. The maximum absolute atomic E-state index is 6.51. The third kappa shape index (κ3) is 4.43.